The summed E-state index contributed by atoms with van der Waals surface area (Å²) in [5, 5.41) is 0.706. The van der Waals surface area contributed by atoms with Gasteiger partial charge in [0.1, 0.15) is 0 Å². The summed E-state index contributed by atoms with van der Waals surface area (Å²) in [5.41, 5.74) is 2.11. The van der Waals surface area contributed by atoms with Gasteiger partial charge in [-0.2, -0.15) is 0 Å². The lowest BCUT2D eigenvalue weighted by molar-refractivity contribution is -0.134. The van der Waals surface area contributed by atoms with Crippen LogP contribution >= 0.6 is 11.6 Å². The Morgan fingerprint density at radius 1 is 1.38 bits per heavy atom. The number of benzene rings is 1. The standard InChI is InChI=1S/C13H13ClO2/c1-16-13(15)8-12(9-2-3-9)10-4-6-11(14)7-5-10/h4-9H,2-3H2,1H3/b12-8-. The van der Waals surface area contributed by atoms with Crippen LogP contribution in [0.4, 0.5) is 0 Å². The molecule has 0 radical (unpaired) electrons. The molecule has 2 nitrogen and oxygen atoms in total. The molecule has 0 saturated heterocycles. The predicted octanol–water partition coefficient (Wildman–Crippen LogP) is 3.31. The van der Waals surface area contributed by atoms with Crippen LogP contribution in [-0.4, -0.2) is 13.1 Å². The van der Waals surface area contributed by atoms with Crippen LogP contribution in [0.15, 0.2) is 30.3 Å². The Balaban J connectivity index is 2.29. The zero-order valence-corrected chi connectivity index (χ0v) is 9.83. The molecule has 0 aliphatic heterocycles. The summed E-state index contributed by atoms with van der Waals surface area (Å²) >= 11 is 5.83. The van der Waals surface area contributed by atoms with E-state index in [-0.39, 0.29) is 5.97 Å². The lowest BCUT2D eigenvalue weighted by Gasteiger charge is -2.06. The third kappa shape index (κ3) is 2.64. The number of rotatable bonds is 3. The fourth-order valence-electron chi connectivity index (χ4n) is 1.66. The third-order valence-electron chi connectivity index (χ3n) is 2.67. The van der Waals surface area contributed by atoms with Gasteiger partial charge in [0.2, 0.25) is 0 Å². The van der Waals surface area contributed by atoms with Crippen molar-refractivity contribution in [3.63, 3.8) is 0 Å². The predicted molar refractivity (Wildman–Crippen MR) is 64.2 cm³/mol. The maximum absolute atomic E-state index is 11.3. The second kappa shape index (κ2) is 4.71. The lowest BCUT2D eigenvalue weighted by atomic mass is 10.0. The molecule has 1 fully saturated rings. The molecule has 16 heavy (non-hydrogen) atoms. The zero-order chi connectivity index (χ0) is 11.5. The normalized spacial score (nSPS) is 16.0. The van der Waals surface area contributed by atoms with Gasteiger partial charge in [-0.1, -0.05) is 23.7 Å². The van der Waals surface area contributed by atoms with Crippen LogP contribution < -0.4 is 0 Å². The molecule has 1 aromatic carbocycles. The maximum Gasteiger partial charge on any atom is 0.330 e. The van der Waals surface area contributed by atoms with Gasteiger partial charge in [0.05, 0.1) is 7.11 Å². The number of allylic oxidation sites excluding steroid dienone is 1. The van der Waals surface area contributed by atoms with Gasteiger partial charge in [0.15, 0.2) is 0 Å². The molecule has 0 bridgehead atoms. The van der Waals surface area contributed by atoms with Gasteiger partial charge in [-0.15, -0.1) is 0 Å². The van der Waals surface area contributed by atoms with E-state index in [9.17, 15) is 4.79 Å². The first-order valence-corrected chi connectivity index (χ1v) is 5.64. The summed E-state index contributed by atoms with van der Waals surface area (Å²) in [6.45, 7) is 0. The van der Waals surface area contributed by atoms with Gasteiger partial charge in [0.25, 0.3) is 0 Å². The molecule has 0 N–H and O–H groups in total. The highest BCUT2D eigenvalue weighted by Crippen LogP contribution is 2.42. The molecule has 0 atom stereocenters. The smallest absolute Gasteiger partial charge is 0.330 e. The molecule has 3 heteroatoms. The zero-order valence-electron chi connectivity index (χ0n) is 9.07. The molecule has 1 aliphatic carbocycles. The Hall–Kier alpha value is -1.28. The number of carbonyl (C=O) groups is 1. The summed E-state index contributed by atoms with van der Waals surface area (Å²) in [5.74, 6) is 0.206. The van der Waals surface area contributed by atoms with E-state index in [1.165, 1.54) is 7.11 Å². The van der Waals surface area contributed by atoms with Gasteiger partial charge in [-0.25, -0.2) is 4.79 Å². The topological polar surface area (TPSA) is 26.3 Å². The molecule has 0 spiro atoms. The minimum atomic E-state index is -0.295. The minimum Gasteiger partial charge on any atom is -0.466 e. The number of methoxy groups -OCH3 is 1. The van der Waals surface area contributed by atoms with Crippen molar-refractivity contribution >= 4 is 23.1 Å². The Morgan fingerprint density at radius 3 is 2.50 bits per heavy atom. The monoisotopic (exact) mass is 236 g/mol. The van der Waals surface area contributed by atoms with Crippen LogP contribution in [0.1, 0.15) is 18.4 Å². The number of halogens is 1. The van der Waals surface area contributed by atoms with Gasteiger partial charge < -0.3 is 4.74 Å². The molecule has 1 aliphatic rings. The second-order valence-corrected chi connectivity index (χ2v) is 4.34. The first kappa shape index (κ1) is 11.2. The summed E-state index contributed by atoms with van der Waals surface area (Å²) in [6, 6.07) is 7.56. The molecule has 1 aromatic rings. The Morgan fingerprint density at radius 2 is 2.00 bits per heavy atom. The van der Waals surface area contributed by atoms with Crippen LogP contribution in [-0.2, 0) is 9.53 Å². The summed E-state index contributed by atoms with van der Waals surface area (Å²) in [4.78, 5) is 11.3. The van der Waals surface area contributed by atoms with Crippen molar-refractivity contribution < 1.29 is 9.53 Å². The highest BCUT2D eigenvalue weighted by Gasteiger charge is 2.27. The first-order chi connectivity index (χ1) is 7.70. The largest absolute Gasteiger partial charge is 0.466 e. The van der Waals surface area contributed by atoms with Crippen molar-refractivity contribution in [2.45, 2.75) is 12.8 Å². The summed E-state index contributed by atoms with van der Waals surface area (Å²) < 4.78 is 4.66. The van der Waals surface area contributed by atoms with Crippen molar-refractivity contribution in [2.75, 3.05) is 7.11 Å². The number of hydrogen-bond donors (Lipinski definition) is 0. The maximum atomic E-state index is 11.3. The van der Waals surface area contributed by atoms with Gasteiger partial charge in [0, 0.05) is 11.1 Å². The quantitative estimate of drug-likeness (QED) is 0.595. The van der Waals surface area contributed by atoms with Crippen molar-refractivity contribution in [3.05, 3.63) is 40.9 Å². The first-order valence-electron chi connectivity index (χ1n) is 5.26. The van der Waals surface area contributed by atoms with E-state index in [2.05, 4.69) is 4.74 Å². The molecule has 0 heterocycles. The minimum absolute atomic E-state index is 0.295. The Kier molecular flexibility index (Phi) is 3.30. The third-order valence-corrected chi connectivity index (χ3v) is 2.92. The van der Waals surface area contributed by atoms with Gasteiger partial charge >= 0.3 is 5.97 Å². The molecule has 1 saturated carbocycles. The van der Waals surface area contributed by atoms with Crippen LogP contribution in [0, 0.1) is 5.92 Å². The van der Waals surface area contributed by atoms with Crippen LogP contribution in [0.5, 0.6) is 0 Å². The number of ether oxygens (including phenoxy) is 1. The molecule has 0 unspecified atom stereocenters. The lowest BCUT2D eigenvalue weighted by Crippen LogP contribution is -1.98. The Bertz CT molecular complexity index is 416. The molecular formula is C13H13ClO2. The molecular weight excluding hydrogens is 224 g/mol. The molecule has 0 amide bonds. The van der Waals surface area contributed by atoms with E-state index < -0.39 is 0 Å². The fraction of sp³-hybridized carbons (Fsp3) is 0.308. The van der Waals surface area contributed by atoms with E-state index in [0.29, 0.717) is 10.9 Å². The van der Waals surface area contributed by atoms with Crippen LogP contribution in [0.3, 0.4) is 0 Å². The second-order valence-electron chi connectivity index (χ2n) is 3.90. The number of carbonyl (C=O) groups excluding carboxylic acids is 1. The van der Waals surface area contributed by atoms with Gasteiger partial charge in [-0.3, -0.25) is 0 Å². The van der Waals surface area contributed by atoms with E-state index in [1.54, 1.807) is 6.08 Å². The highest BCUT2D eigenvalue weighted by atomic mass is 35.5. The van der Waals surface area contributed by atoms with E-state index in [0.717, 1.165) is 24.0 Å². The van der Waals surface area contributed by atoms with Crippen molar-refractivity contribution in [2.24, 2.45) is 5.92 Å². The summed E-state index contributed by atoms with van der Waals surface area (Å²) in [7, 11) is 1.39. The summed E-state index contributed by atoms with van der Waals surface area (Å²) in [6.07, 6.45) is 3.87. The van der Waals surface area contributed by atoms with Crippen molar-refractivity contribution in [1.29, 1.82) is 0 Å². The van der Waals surface area contributed by atoms with Crippen LogP contribution in [0.2, 0.25) is 5.02 Å². The SMILES string of the molecule is COC(=O)/C=C(\c1ccc(Cl)cc1)C1CC1. The Labute approximate surface area is 99.9 Å². The average molecular weight is 237 g/mol. The van der Waals surface area contributed by atoms with Crippen molar-refractivity contribution in [1.82, 2.24) is 0 Å². The average Bonchev–Trinajstić information content (AvgIpc) is 3.11. The van der Waals surface area contributed by atoms with E-state index in [4.69, 9.17) is 11.6 Å². The number of hydrogen-bond acceptors (Lipinski definition) is 2. The van der Waals surface area contributed by atoms with Crippen molar-refractivity contribution in [3.8, 4) is 0 Å². The van der Waals surface area contributed by atoms with E-state index in [1.807, 2.05) is 24.3 Å². The van der Waals surface area contributed by atoms with Gasteiger partial charge in [-0.05, 0) is 42.0 Å². The van der Waals surface area contributed by atoms with Crippen LogP contribution in [0.25, 0.3) is 5.57 Å². The molecule has 84 valence electrons. The molecule has 2 rings (SSSR count). The highest BCUT2D eigenvalue weighted by molar-refractivity contribution is 6.30. The number of esters is 1. The van der Waals surface area contributed by atoms with E-state index >= 15 is 0 Å². The fourth-order valence-corrected chi connectivity index (χ4v) is 1.79. The molecule has 0 aromatic heterocycles.